The number of halogens is 3. The summed E-state index contributed by atoms with van der Waals surface area (Å²) in [6.07, 6.45) is -2.70. The van der Waals surface area contributed by atoms with Gasteiger partial charge in [0, 0.05) is 6.54 Å². The second-order valence-corrected chi connectivity index (χ2v) is 5.91. The molecule has 1 aliphatic heterocycles. The standard InChI is InChI=1S/C16H22F3NO2/c1-12(21)14-5-7-20(8-6-14)10-13-3-2-4-15(9-13)22-11-16(17,18)19/h2-4,9,12,14,21H,5-8,10-11H2,1H3. The molecule has 1 aromatic carbocycles. The van der Waals surface area contributed by atoms with E-state index in [1.54, 1.807) is 12.1 Å². The number of benzene rings is 1. The lowest BCUT2D eigenvalue weighted by molar-refractivity contribution is -0.153. The van der Waals surface area contributed by atoms with Crippen LogP contribution in [0.15, 0.2) is 24.3 Å². The van der Waals surface area contributed by atoms with E-state index in [2.05, 4.69) is 4.90 Å². The molecule has 0 bridgehead atoms. The molecule has 0 saturated carbocycles. The summed E-state index contributed by atoms with van der Waals surface area (Å²) >= 11 is 0. The van der Waals surface area contributed by atoms with Gasteiger partial charge in [0.1, 0.15) is 5.75 Å². The minimum absolute atomic E-state index is 0.244. The third-order valence-electron chi connectivity index (χ3n) is 4.02. The molecule has 1 aromatic rings. The lowest BCUT2D eigenvalue weighted by Crippen LogP contribution is -2.36. The van der Waals surface area contributed by atoms with E-state index in [4.69, 9.17) is 4.74 Å². The van der Waals surface area contributed by atoms with Crippen LogP contribution in [0.4, 0.5) is 13.2 Å². The van der Waals surface area contributed by atoms with Crippen molar-refractivity contribution in [2.24, 2.45) is 5.92 Å². The van der Waals surface area contributed by atoms with Crippen molar-refractivity contribution in [1.82, 2.24) is 4.90 Å². The van der Waals surface area contributed by atoms with Crippen LogP contribution >= 0.6 is 0 Å². The lowest BCUT2D eigenvalue weighted by atomic mass is 9.92. The van der Waals surface area contributed by atoms with E-state index in [-0.39, 0.29) is 11.9 Å². The molecule has 0 radical (unpaired) electrons. The molecule has 0 spiro atoms. The minimum atomic E-state index is -4.32. The number of aliphatic hydroxyl groups is 1. The number of likely N-dealkylation sites (tertiary alicyclic amines) is 1. The highest BCUT2D eigenvalue weighted by Gasteiger charge is 2.28. The van der Waals surface area contributed by atoms with Crippen LogP contribution in [0.3, 0.4) is 0 Å². The van der Waals surface area contributed by atoms with Gasteiger partial charge in [-0.25, -0.2) is 0 Å². The number of hydrogen-bond donors (Lipinski definition) is 1. The highest BCUT2D eigenvalue weighted by atomic mass is 19.4. The Bertz CT molecular complexity index is 469. The van der Waals surface area contributed by atoms with E-state index < -0.39 is 12.8 Å². The Morgan fingerprint density at radius 3 is 2.59 bits per heavy atom. The molecule has 1 aliphatic rings. The van der Waals surface area contributed by atoms with Gasteiger partial charge in [-0.05, 0) is 56.5 Å². The molecule has 3 nitrogen and oxygen atoms in total. The molecule has 0 aromatic heterocycles. The SMILES string of the molecule is CC(O)C1CCN(Cc2cccc(OCC(F)(F)F)c2)CC1. The average molecular weight is 317 g/mol. The van der Waals surface area contributed by atoms with Crippen molar-refractivity contribution in [3.05, 3.63) is 29.8 Å². The zero-order chi connectivity index (χ0) is 16.2. The highest BCUT2D eigenvalue weighted by molar-refractivity contribution is 5.28. The third-order valence-corrected chi connectivity index (χ3v) is 4.02. The molecule has 1 unspecified atom stereocenters. The largest absolute Gasteiger partial charge is 0.484 e. The molecule has 6 heteroatoms. The average Bonchev–Trinajstić information content (AvgIpc) is 2.45. The minimum Gasteiger partial charge on any atom is -0.484 e. The highest BCUT2D eigenvalue weighted by Crippen LogP contribution is 2.23. The summed E-state index contributed by atoms with van der Waals surface area (Å²) < 4.78 is 41.3. The Morgan fingerprint density at radius 1 is 1.32 bits per heavy atom. The number of alkyl halides is 3. The van der Waals surface area contributed by atoms with Gasteiger partial charge in [0.05, 0.1) is 6.10 Å². The molecular formula is C16H22F3NO2. The van der Waals surface area contributed by atoms with Gasteiger partial charge in [-0.2, -0.15) is 13.2 Å². The number of hydrogen-bond acceptors (Lipinski definition) is 3. The topological polar surface area (TPSA) is 32.7 Å². The molecular weight excluding hydrogens is 295 g/mol. The molecule has 1 atom stereocenters. The summed E-state index contributed by atoms with van der Waals surface area (Å²) in [6, 6.07) is 6.80. The fourth-order valence-electron chi connectivity index (χ4n) is 2.75. The number of nitrogens with zero attached hydrogens (tertiary/aromatic N) is 1. The maximum Gasteiger partial charge on any atom is 0.422 e. The van der Waals surface area contributed by atoms with Crippen LogP contribution in [0.1, 0.15) is 25.3 Å². The predicted octanol–water partition coefficient (Wildman–Crippen LogP) is 3.22. The zero-order valence-corrected chi connectivity index (χ0v) is 12.6. The number of aliphatic hydroxyl groups excluding tert-OH is 1. The summed E-state index contributed by atoms with van der Waals surface area (Å²) in [6.45, 7) is 3.03. The van der Waals surface area contributed by atoms with Gasteiger partial charge in [-0.15, -0.1) is 0 Å². The Hall–Kier alpha value is -1.27. The Balaban J connectivity index is 1.86. The second kappa shape index (κ2) is 7.33. The molecule has 124 valence electrons. The monoisotopic (exact) mass is 317 g/mol. The predicted molar refractivity (Wildman–Crippen MR) is 77.7 cm³/mol. The molecule has 2 rings (SSSR count). The maximum atomic E-state index is 12.2. The first-order valence-electron chi connectivity index (χ1n) is 7.52. The molecule has 1 fully saturated rings. The van der Waals surface area contributed by atoms with Crippen LogP contribution in [0.25, 0.3) is 0 Å². The van der Waals surface area contributed by atoms with Crippen LogP contribution in [0.5, 0.6) is 5.75 Å². The summed E-state index contributed by atoms with van der Waals surface area (Å²) in [5.74, 6) is 0.589. The van der Waals surface area contributed by atoms with E-state index >= 15 is 0 Å². The van der Waals surface area contributed by atoms with Crippen LogP contribution < -0.4 is 4.74 Å². The Kier molecular flexibility index (Phi) is 5.69. The summed E-state index contributed by atoms with van der Waals surface area (Å²) in [4.78, 5) is 2.25. The molecule has 1 heterocycles. The van der Waals surface area contributed by atoms with Crippen molar-refractivity contribution in [3.63, 3.8) is 0 Å². The summed E-state index contributed by atoms with van der Waals surface area (Å²) in [5, 5.41) is 9.59. The number of rotatable bonds is 5. The van der Waals surface area contributed by atoms with Crippen molar-refractivity contribution in [2.45, 2.75) is 38.6 Å². The van der Waals surface area contributed by atoms with Crippen molar-refractivity contribution in [3.8, 4) is 5.75 Å². The van der Waals surface area contributed by atoms with Crippen LogP contribution in [-0.4, -0.2) is 42.0 Å². The Labute approximate surface area is 128 Å². The van der Waals surface area contributed by atoms with Gasteiger partial charge >= 0.3 is 6.18 Å². The second-order valence-electron chi connectivity index (χ2n) is 5.91. The van der Waals surface area contributed by atoms with E-state index in [1.165, 1.54) is 6.07 Å². The lowest BCUT2D eigenvalue weighted by Gasteiger charge is -2.33. The van der Waals surface area contributed by atoms with Gasteiger partial charge in [0.25, 0.3) is 0 Å². The van der Waals surface area contributed by atoms with Gasteiger partial charge in [-0.3, -0.25) is 4.90 Å². The number of ether oxygens (including phenoxy) is 1. The molecule has 0 aliphatic carbocycles. The first kappa shape index (κ1) is 17.1. The van der Waals surface area contributed by atoms with Crippen LogP contribution in [-0.2, 0) is 6.54 Å². The number of piperidine rings is 1. The van der Waals surface area contributed by atoms with E-state index in [0.29, 0.717) is 12.5 Å². The summed E-state index contributed by atoms with van der Waals surface area (Å²) in [7, 11) is 0. The third kappa shape index (κ3) is 5.50. The first-order chi connectivity index (χ1) is 10.3. The van der Waals surface area contributed by atoms with Crippen molar-refractivity contribution >= 4 is 0 Å². The van der Waals surface area contributed by atoms with E-state index in [0.717, 1.165) is 31.5 Å². The maximum absolute atomic E-state index is 12.2. The van der Waals surface area contributed by atoms with Gasteiger partial charge in [-0.1, -0.05) is 12.1 Å². The van der Waals surface area contributed by atoms with Gasteiger partial charge < -0.3 is 9.84 Å². The molecule has 1 N–H and O–H groups in total. The Morgan fingerprint density at radius 2 is 2.00 bits per heavy atom. The van der Waals surface area contributed by atoms with Gasteiger partial charge in [0.2, 0.25) is 0 Å². The van der Waals surface area contributed by atoms with Crippen molar-refractivity contribution in [2.75, 3.05) is 19.7 Å². The summed E-state index contributed by atoms with van der Waals surface area (Å²) in [5.41, 5.74) is 0.940. The van der Waals surface area contributed by atoms with Crippen molar-refractivity contribution < 1.29 is 23.0 Å². The quantitative estimate of drug-likeness (QED) is 0.905. The first-order valence-corrected chi connectivity index (χ1v) is 7.52. The van der Waals surface area contributed by atoms with E-state index in [1.807, 2.05) is 13.0 Å². The normalized spacial score (nSPS) is 19.1. The fourth-order valence-corrected chi connectivity index (χ4v) is 2.75. The van der Waals surface area contributed by atoms with Gasteiger partial charge in [0.15, 0.2) is 6.61 Å². The molecule has 0 amide bonds. The van der Waals surface area contributed by atoms with Crippen LogP contribution in [0, 0.1) is 5.92 Å². The zero-order valence-electron chi connectivity index (χ0n) is 12.6. The molecule has 1 saturated heterocycles. The van der Waals surface area contributed by atoms with Crippen molar-refractivity contribution in [1.29, 1.82) is 0 Å². The molecule has 22 heavy (non-hydrogen) atoms. The fraction of sp³-hybridized carbons (Fsp3) is 0.625. The van der Waals surface area contributed by atoms with Crippen LogP contribution in [0.2, 0.25) is 0 Å². The smallest absolute Gasteiger partial charge is 0.422 e. The van der Waals surface area contributed by atoms with E-state index in [9.17, 15) is 18.3 Å².